The van der Waals surface area contributed by atoms with Crippen molar-refractivity contribution in [2.24, 2.45) is 23.5 Å². The maximum absolute atomic E-state index is 11.9. The molecule has 0 aromatic heterocycles. The summed E-state index contributed by atoms with van der Waals surface area (Å²) in [7, 11) is 1.73. The molecule has 2 bridgehead atoms. The summed E-state index contributed by atoms with van der Waals surface area (Å²) in [4.78, 5) is 24.1. The van der Waals surface area contributed by atoms with Gasteiger partial charge in [0.05, 0.1) is 12.5 Å². The van der Waals surface area contributed by atoms with E-state index in [1.807, 2.05) is 0 Å². The number of rotatable bonds is 5. The average Bonchev–Trinajstić information content (AvgIpc) is 2.88. The Morgan fingerprint density at radius 2 is 2.11 bits per heavy atom. The number of hydrogen-bond acceptors (Lipinski definition) is 3. The van der Waals surface area contributed by atoms with Crippen molar-refractivity contribution in [3.8, 4) is 0 Å². The second-order valence-electron chi connectivity index (χ2n) is 5.86. The molecule has 2 rings (SSSR count). The Bertz CT molecular complexity index is 345. The zero-order valence-corrected chi connectivity index (χ0v) is 10.8. The Kier molecular flexibility index (Phi) is 3.90. The Morgan fingerprint density at radius 3 is 2.61 bits per heavy atom. The van der Waals surface area contributed by atoms with Gasteiger partial charge in [-0.2, -0.15) is 0 Å². The van der Waals surface area contributed by atoms with Crippen LogP contribution in [0.15, 0.2) is 0 Å². The smallest absolute Gasteiger partial charge is 0.305 e. The average molecular weight is 254 g/mol. The molecule has 102 valence electrons. The van der Waals surface area contributed by atoms with Crippen molar-refractivity contribution in [1.82, 2.24) is 4.90 Å². The van der Waals surface area contributed by atoms with Gasteiger partial charge in [0.1, 0.15) is 0 Å². The van der Waals surface area contributed by atoms with Gasteiger partial charge in [-0.05, 0) is 37.0 Å². The van der Waals surface area contributed by atoms with E-state index >= 15 is 0 Å². The summed E-state index contributed by atoms with van der Waals surface area (Å²) < 4.78 is 0. The van der Waals surface area contributed by atoms with Crippen LogP contribution in [0.4, 0.5) is 0 Å². The molecule has 0 heterocycles. The van der Waals surface area contributed by atoms with Gasteiger partial charge < -0.3 is 15.7 Å². The number of amides is 1. The molecule has 0 aromatic carbocycles. The number of aliphatic carboxylic acids is 1. The summed E-state index contributed by atoms with van der Waals surface area (Å²) in [5, 5.41) is 8.63. The molecule has 3 N–H and O–H groups in total. The second-order valence-corrected chi connectivity index (χ2v) is 5.86. The molecular weight excluding hydrogens is 232 g/mol. The van der Waals surface area contributed by atoms with E-state index in [1.54, 1.807) is 11.9 Å². The Labute approximate surface area is 107 Å². The third-order valence-electron chi connectivity index (χ3n) is 4.48. The highest BCUT2D eigenvalue weighted by atomic mass is 16.4. The van der Waals surface area contributed by atoms with Gasteiger partial charge in [-0.3, -0.25) is 9.59 Å². The fourth-order valence-electron chi connectivity index (χ4n) is 3.60. The molecule has 1 amide bonds. The molecule has 0 aromatic rings. The molecule has 5 nitrogen and oxygen atoms in total. The van der Waals surface area contributed by atoms with Gasteiger partial charge in [0, 0.05) is 13.6 Å². The second kappa shape index (κ2) is 5.26. The molecule has 4 unspecified atom stereocenters. The Morgan fingerprint density at radius 1 is 1.39 bits per heavy atom. The lowest BCUT2D eigenvalue weighted by Gasteiger charge is -2.28. The number of nitrogens with zero attached hydrogens (tertiary/aromatic N) is 1. The molecule has 0 saturated heterocycles. The molecule has 0 radical (unpaired) electrons. The van der Waals surface area contributed by atoms with E-state index < -0.39 is 12.0 Å². The maximum atomic E-state index is 11.9. The quantitative estimate of drug-likeness (QED) is 0.756. The van der Waals surface area contributed by atoms with Crippen LogP contribution in [0.2, 0.25) is 0 Å². The van der Waals surface area contributed by atoms with Gasteiger partial charge in [-0.25, -0.2) is 0 Å². The summed E-state index contributed by atoms with van der Waals surface area (Å²) in [5.41, 5.74) is 5.60. The number of carboxylic acid groups (broad SMARTS) is 1. The van der Waals surface area contributed by atoms with E-state index in [0.29, 0.717) is 5.92 Å². The third-order valence-corrected chi connectivity index (χ3v) is 4.48. The molecule has 4 atom stereocenters. The minimum atomic E-state index is -1.02. The zero-order valence-electron chi connectivity index (χ0n) is 10.8. The Hall–Kier alpha value is -1.10. The van der Waals surface area contributed by atoms with Crippen LogP contribution in [0.25, 0.3) is 0 Å². The van der Waals surface area contributed by atoms with Crippen LogP contribution < -0.4 is 5.73 Å². The first-order valence-corrected chi connectivity index (χ1v) is 6.69. The van der Waals surface area contributed by atoms with E-state index in [0.717, 1.165) is 18.4 Å². The van der Waals surface area contributed by atoms with Crippen LogP contribution in [-0.2, 0) is 9.59 Å². The van der Waals surface area contributed by atoms with Crippen LogP contribution in [0.5, 0.6) is 0 Å². The highest BCUT2D eigenvalue weighted by Gasteiger charge is 2.40. The molecule has 0 aliphatic heterocycles. The highest BCUT2D eigenvalue weighted by Crippen LogP contribution is 2.48. The third kappa shape index (κ3) is 2.83. The highest BCUT2D eigenvalue weighted by molar-refractivity contribution is 5.85. The van der Waals surface area contributed by atoms with Crippen molar-refractivity contribution in [3.05, 3.63) is 0 Å². The minimum Gasteiger partial charge on any atom is -0.481 e. The lowest BCUT2D eigenvalue weighted by atomic mass is 9.88. The van der Waals surface area contributed by atoms with Gasteiger partial charge in [-0.1, -0.05) is 6.42 Å². The largest absolute Gasteiger partial charge is 0.481 e. The molecule has 2 aliphatic carbocycles. The van der Waals surface area contributed by atoms with Gasteiger partial charge in [0.15, 0.2) is 0 Å². The normalized spacial score (nSPS) is 31.3. The van der Waals surface area contributed by atoms with E-state index in [2.05, 4.69) is 0 Å². The minimum absolute atomic E-state index is 0.250. The molecule has 0 spiro atoms. The van der Waals surface area contributed by atoms with E-state index in [9.17, 15) is 9.59 Å². The molecule has 2 saturated carbocycles. The van der Waals surface area contributed by atoms with Crippen molar-refractivity contribution < 1.29 is 14.7 Å². The van der Waals surface area contributed by atoms with Crippen molar-refractivity contribution in [3.63, 3.8) is 0 Å². The van der Waals surface area contributed by atoms with Crippen LogP contribution in [0.1, 0.15) is 32.1 Å². The predicted molar refractivity (Wildman–Crippen MR) is 66.8 cm³/mol. The summed E-state index contributed by atoms with van der Waals surface area (Å²) in [5.74, 6) is 0.941. The maximum Gasteiger partial charge on any atom is 0.305 e. The first-order chi connectivity index (χ1) is 8.47. The number of likely N-dealkylation sites (N-methyl/N-ethyl adjacent to an activating group) is 1. The van der Waals surface area contributed by atoms with Crippen LogP contribution >= 0.6 is 0 Å². The number of fused-ring (bicyclic) bond motifs is 2. The fraction of sp³-hybridized carbons (Fsp3) is 0.846. The van der Waals surface area contributed by atoms with Crippen molar-refractivity contribution in [2.75, 3.05) is 13.6 Å². The molecular formula is C13H22N2O3. The van der Waals surface area contributed by atoms with Crippen molar-refractivity contribution >= 4 is 11.9 Å². The van der Waals surface area contributed by atoms with Gasteiger partial charge in [0.2, 0.25) is 5.91 Å². The molecule has 18 heavy (non-hydrogen) atoms. The first kappa shape index (κ1) is 13.3. The summed E-state index contributed by atoms with van der Waals surface area (Å²) >= 11 is 0. The standard InChI is InChI=1S/C13H22N2O3/c1-15(13(18)11(14)6-12(16)17)7-10-5-8-2-3-9(10)4-8/h8-11H,2-7,14H2,1H3,(H,16,17). The molecule has 2 aliphatic rings. The zero-order chi connectivity index (χ0) is 13.3. The van der Waals surface area contributed by atoms with E-state index in [1.165, 1.54) is 25.7 Å². The van der Waals surface area contributed by atoms with Crippen LogP contribution in [-0.4, -0.2) is 41.5 Å². The van der Waals surface area contributed by atoms with Crippen molar-refractivity contribution in [1.29, 1.82) is 0 Å². The fourth-order valence-corrected chi connectivity index (χ4v) is 3.60. The van der Waals surface area contributed by atoms with E-state index in [4.69, 9.17) is 10.8 Å². The van der Waals surface area contributed by atoms with E-state index in [-0.39, 0.29) is 12.3 Å². The lowest BCUT2D eigenvalue weighted by Crippen LogP contribution is -2.45. The SMILES string of the molecule is CN(CC1CC2CCC1C2)C(=O)C(N)CC(=O)O. The van der Waals surface area contributed by atoms with Crippen LogP contribution in [0.3, 0.4) is 0 Å². The number of nitrogens with two attached hydrogens (primary N) is 1. The number of carbonyl (C=O) groups is 2. The Balaban J connectivity index is 1.82. The van der Waals surface area contributed by atoms with Crippen molar-refractivity contribution in [2.45, 2.75) is 38.1 Å². The topological polar surface area (TPSA) is 83.6 Å². The summed E-state index contributed by atoms with van der Waals surface area (Å²) in [6.45, 7) is 0.729. The monoisotopic (exact) mass is 254 g/mol. The van der Waals surface area contributed by atoms with Gasteiger partial charge in [0.25, 0.3) is 0 Å². The molecule has 2 fully saturated rings. The van der Waals surface area contributed by atoms with Crippen LogP contribution in [0, 0.1) is 17.8 Å². The lowest BCUT2D eigenvalue weighted by molar-refractivity contribution is -0.141. The number of carboxylic acids is 1. The predicted octanol–water partition coefficient (Wildman–Crippen LogP) is 0.683. The van der Waals surface area contributed by atoms with Gasteiger partial charge in [-0.15, -0.1) is 0 Å². The number of hydrogen-bond donors (Lipinski definition) is 2. The summed E-state index contributed by atoms with van der Waals surface area (Å²) in [6.07, 6.45) is 4.88. The first-order valence-electron chi connectivity index (χ1n) is 6.69. The summed E-state index contributed by atoms with van der Waals surface area (Å²) in [6, 6.07) is -0.911. The number of carbonyl (C=O) groups excluding carboxylic acids is 1. The molecule has 5 heteroatoms. The van der Waals surface area contributed by atoms with Gasteiger partial charge >= 0.3 is 5.97 Å².